The second-order valence-corrected chi connectivity index (χ2v) is 4.27. The molecule has 0 aliphatic heterocycles. The normalized spacial score (nSPS) is 12.3. The third-order valence-corrected chi connectivity index (χ3v) is 2.55. The van der Waals surface area contributed by atoms with Crippen LogP contribution in [0.25, 0.3) is 0 Å². The Labute approximate surface area is 107 Å². The Morgan fingerprint density at radius 2 is 2.00 bits per heavy atom. The topological polar surface area (TPSA) is 63.0 Å². The number of nitrogens with one attached hydrogen (secondary N) is 2. The SMILES string of the molecule is CNCc1nnc(NC(C)Cc2ccccc2)o1. The van der Waals surface area contributed by atoms with Gasteiger partial charge in [-0.25, -0.2) is 0 Å². The maximum atomic E-state index is 5.44. The van der Waals surface area contributed by atoms with Gasteiger partial charge in [0.25, 0.3) is 0 Å². The fraction of sp³-hybridized carbons (Fsp3) is 0.385. The molecule has 0 aliphatic carbocycles. The number of rotatable bonds is 6. The van der Waals surface area contributed by atoms with Crippen LogP contribution in [0.2, 0.25) is 0 Å². The monoisotopic (exact) mass is 246 g/mol. The summed E-state index contributed by atoms with van der Waals surface area (Å²) in [5.74, 6) is 0.590. The fourth-order valence-electron chi connectivity index (χ4n) is 1.76. The van der Waals surface area contributed by atoms with Gasteiger partial charge in [-0.3, -0.25) is 0 Å². The zero-order chi connectivity index (χ0) is 12.8. The summed E-state index contributed by atoms with van der Waals surface area (Å²) in [5.41, 5.74) is 1.28. The molecule has 0 aliphatic rings. The minimum absolute atomic E-state index is 0.246. The Morgan fingerprint density at radius 1 is 1.22 bits per heavy atom. The van der Waals surface area contributed by atoms with Crippen LogP contribution in [0.4, 0.5) is 6.01 Å². The van der Waals surface area contributed by atoms with Crippen LogP contribution in [0.3, 0.4) is 0 Å². The number of anilines is 1. The van der Waals surface area contributed by atoms with Gasteiger partial charge in [-0.15, -0.1) is 5.10 Å². The molecule has 0 amide bonds. The van der Waals surface area contributed by atoms with Crippen molar-refractivity contribution in [2.24, 2.45) is 0 Å². The van der Waals surface area contributed by atoms with E-state index in [0.29, 0.717) is 18.5 Å². The highest BCUT2D eigenvalue weighted by Crippen LogP contribution is 2.10. The van der Waals surface area contributed by atoms with E-state index in [2.05, 4.69) is 39.9 Å². The zero-order valence-electron chi connectivity index (χ0n) is 10.7. The first-order chi connectivity index (χ1) is 8.78. The number of aromatic nitrogens is 2. The van der Waals surface area contributed by atoms with Gasteiger partial charge in [-0.1, -0.05) is 35.4 Å². The average Bonchev–Trinajstić information content (AvgIpc) is 2.78. The minimum atomic E-state index is 0.246. The second-order valence-electron chi connectivity index (χ2n) is 4.27. The van der Waals surface area contributed by atoms with E-state index in [1.54, 1.807) is 0 Å². The lowest BCUT2D eigenvalue weighted by molar-refractivity contribution is 0.485. The first kappa shape index (κ1) is 12.6. The predicted octanol–water partition coefficient (Wildman–Crippen LogP) is 1.83. The summed E-state index contributed by atoms with van der Waals surface area (Å²) in [4.78, 5) is 0. The van der Waals surface area contributed by atoms with Crippen molar-refractivity contribution in [2.75, 3.05) is 12.4 Å². The molecule has 96 valence electrons. The Morgan fingerprint density at radius 3 is 2.72 bits per heavy atom. The van der Waals surface area contributed by atoms with Crippen molar-refractivity contribution >= 4 is 6.01 Å². The molecular weight excluding hydrogens is 228 g/mol. The molecule has 1 heterocycles. The number of benzene rings is 1. The van der Waals surface area contributed by atoms with Crippen LogP contribution in [-0.4, -0.2) is 23.3 Å². The van der Waals surface area contributed by atoms with E-state index in [0.717, 1.165) is 6.42 Å². The Kier molecular flexibility index (Phi) is 4.30. The molecule has 5 nitrogen and oxygen atoms in total. The maximum Gasteiger partial charge on any atom is 0.315 e. The van der Waals surface area contributed by atoms with Gasteiger partial charge in [0, 0.05) is 6.04 Å². The van der Waals surface area contributed by atoms with Crippen molar-refractivity contribution in [3.63, 3.8) is 0 Å². The zero-order valence-corrected chi connectivity index (χ0v) is 10.7. The molecule has 18 heavy (non-hydrogen) atoms. The van der Waals surface area contributed by atoms with Crippen LogP contribution < -0.4 is 10.6 Å². The van der Waals surface area contributed by atoms with Gasteiger partial charge >= 0.3 is 6.01 Å². The standard InChI is InChI=1S/C13H18N4O/c1-10(8-11-6-4-3-5-7-11)15-13-17-16-12(18-13)9-14-2/h3-7,10,14H,8-9H2,1-2H3,(H,15,17). The Hall–Kier alpha value is -1.88. The van der Waals surface area contributed by atoms with Crippen LogP contribution >= 0.6 is 0 Å². The van der Waals surface area contributed by atoms with Crippen LogP contribution in [0.5, 0.6) is 0 Å². The van der Waals surface area contributed by atoms with E-state index >= 15 is 0 Å². The van der Waals surface area contributed by atoms with Gasteiger partial charge in [0.1, 0.15) is 0 Å². The highest BCUT2D eigenvalue weighted by atomic mass is 16.4. The highest BCUT2D eigenvalue weighted by molar-refractivity contribution is 5.22. The van der Waals surface area contributed by atoms with Crippen molar-refractivity contribution in [1.82, 2.24) is 15.5 Å². The maximum absolute atomic E-state index is 5.44. The Bertz CT molecular complexity index is 469. The van der Waals surface area contributed by atoms with Crippen molar-refractivity contribution in [2.45, 2.75) is 25.9 Å². The quantitative estimate of drug-likeness (QED) is 0.814. The fourth-order valence-corrected chi connectivity index (χ4v) is 1.76. The molecule has 0 spiro atoms. The minimum Gasteiger partial charge on any atom is -0.407 e. The average molecular weight is 246 g/mol. The number of hydrogen-bond donors (Lipinski definition) is 2. The molecule has 0 saturated heterocycles. The van der Waals surface area contributed by atoms with E-state index in [9.17, 15) is 0 Å². The van der Waals surface area contributed by atoms with Gasteiger partial charge in [0.2, 0.25) is 5.89 Å². The molecular formula is C13H18N4O. The first-order valence-electron chi connectivity index (χ1n) is 6.05. The molecule has 2 rings (SSSR count). The predicted molar refractivity (Wildman–Crippen MR) is 70.3 cm³/mol. The highest BCUT2D eigenvalue weighted by Gasteiger charge is 2.09. The van der Waals surface area contributed by atoms with E-state index < -0.39 is 0 Å². The summed E-state index contributed by atoms with van der Waals surface area (Å²) in [7, 11) is 1.84. The van der Waals surface area contributed by atoms with Gasteiger partial charge < -0.3 is 15.1 Å². The first-order valence-corrected chi connectivity index (χ1v) is 6.05. The van der Waals surface area contributed by atoms with Crippen LogP contribution in [0.15, 0.2) is 34.7 Å². The smallest absolute Gasteiger partial charge is 0.315 e. The number of nitrogens with zero attached hydrogens (tertiary/aromatic N) is 2. The summed E-state index contributed by atoms with van der Waals surface area (Å²) >= 11 is 0. The van der Waals surface area contributed by atoms with Gasteiger partial charge in [-0.2, -0.15) is 0 Å². The van der Waals surface area contributed by atoms with Crippen molar-refractivity contribution in [3.8, 4) is 0 Å². The molecule has 1 aromatic carbocycles. The van der Waals surface area contributed by atoms with Gasteiger partial charge in [0.05, 0.1) is 6.54 Å². The van der Waals surface area contributed by atoms with Crippen molar-refractivity contribution < 1.29 is 4.42 Å². The molecule has 0 bridgehead atoms. The lowest BCUT2D eigenvalue weighted by Crippen LogP contribution is -2.18. The van der Waals surface area contributed by atoms with Crippen LogP contribution in [0.1, 0.15) is 18.4 Å². The van der Waals surface area contributed by atoms with E-state index in [1.165, 1.54) is 5.56 Å². The van der Waals surface area contributed by atoms with E-state index in [4.69, 9.17) is 4.42 Å². The molecule has 0 saturated carbocycles. The molecule has 1 atom stereocenters. The second kappa shape index (κ2) is 6.16. The summed E-state index contributed by atoms with van der Waals surface area (Å²) < 4.78 is 5.44. The van der Waals surface area contributed by atoms with Gasteiger partial charge in [0.15, 0.2) is 0 Å². The van der Waals surface area contributed by atoms with Gasteiger partial charge in [-0.05, 0) is 26.0 Å². The van der Waals surface area contributed by atoms with Crippen LogP contribution in [-0.2, 0) is 13.0 Å². The molecule has 0 fully saturated rings. The Balaban J connectivity index is 1.88. The third kappa shape index (κ3) is 3.56. The molecule has 5 heteroatoms. The van der Waals surface area contributed by atoms with E-state index in [-0.39, 0.29) is 6.04 Å². The molecule has 1 unspecified atom stereocenters. The molecule has 2 N–H and O–H groups in total. The lowest BCUT2D eigenvalue weighted by atomic mass is 10.1. The van der Waals surface area contributed by atoms with Crippen LogP contribution in [0, 0.1) is 0 Å². The largest absolute Gasteiger partial charge is 0.407 e. The molecule has 1 aromatic heterocycles. The summed E-state index contributed by atoms with van der Waals surface area (Å²) in [5, 5.41) is 14.0. The summed E-state index contributed by atoms with van der Waals surface area (Å²) in [6.07, 6.45) is 0.921. The summed E-state index contributed by atoms with van der Waals surface area (Å²) in [6.45, 7) is 2.68. The molecule has 0 radical (unpaired) electrons. The number of hydrogen-bond acceptors (Lipinski definition) is 5. The molecule has 2 aromatic rings. The summed E-state index contributed by atoms with van der Waals surface area (Å²) in [6, 6.07) is 11.0. The lowest BCUT2D eigenvalue weighted by Gasteiger charge is -2.11. The van der Waals surface area contributed by atoms with Crippen molar-refractivity contribution in [3.05, 3.63) is 41.8 Å². The third-order valence-electron chi connectivity index (χ3n) is 2.55. The van der Waals surface area contributed by atoms with Crippen molar-refractivity contribution in [1.29, 1.82) is 0 Å². The van der Waals surface area contributed by atoms with E-state index in [1.807, 2.05) is 25.2 Å².